The molecule has 4 saturated carbocycles. The SMILES string of the molecule is C[C@]12CC[C@H]3[C@@H](CCC4CC(N)CC[C@@]43C)[C@H]1CC[C@@H]2c1ccc(=O)oc1. The van der Waals surface area contributed by atoms with Crippen LogP contribution in [0.15, 0.2) is 27.6 Å². The summed E-state index contributed by atoms with van der Waals surface area (Å²) < 4.78 is 5.23. The molecule has 148 valence electrons. The van der Waals surface area contributed by atoms with Crippen LogP contribution >= 0.6 is 0 Å². The van der Waals surface area contributed by atoms with Gasteiger partial charge in [0.15, 0.2) is 0 Å². The fourth-order valence-electron chi connectivity index (χ4n) is 8.41. The second kappa shape index (κ2) is 6.20. The largest absolute Gasteiger partial charge is 0.431 e. The first-order valence-electron chi connectivity index (χ1n) is 11.3. The molecule has 0 amide bonds. The zero-order chi connectivity index (χ0) is 18.8. The molecule has 4 aliphatic rings. The van der Waals surface area contributed by atoms with Gasteiger partial charge >= 0.3 is 5.63 Å². The van der Waals surface area contributed by atoms with E-state index in [1.807, 2.05) is 6.07 Å². The first-order chi connectivity index (χ1) is 12.9. The maximum Gasteiger partial charge on any atom is 0.335 e. The van der Waals surface area contributed by atoms with E-state index < -0.39 is 0 Å². The summed E-state index contributed by atoms with van der Waals surface area (Å²) in [7, 11) is 0. The molecule has 2 unspecified atom stereocenters. The van der Waals surface area contributed by atoms with E-state index in [2.05, 4.69) is 13.8 Å². The summed E-state index contributed by atoms with van der Waals surface area (Å²) in [4.78, 5) is 11.4. The molecule has 27 heavy (non-hydrogen) atoms. The molecule has 0 spiro atoms. The van der Waals surface area contributed by atoms with Crippen LogP contribution in [0.3, 0.4) is 0 Å². The van der Waals surface area contributed by atoms with Gasteiger partial charge < -0.3 is 10.2 Å². The highest BCUT2D eigenvalue weighted by molar-refractivity contribution is 5.22. The zero-order valence-electron chi connectivity index (χ0n) is 17.0. The van der Waals surface area contributed by atoms with Crippen molar-refractivity contribution in [1.82, 2.24) is 0 Å². The molecule has 4 fully saturated rings. The van der Waals surface area contributed by atoms with Gasteiger partial charge in [0, 0.05) is 12.1 Å². The van der Waals surface area contributed by atoms with Gasteiger partial charge in [0.1, 0.15) is 0 Å². The van der Waals surface area contributed by atoms with Gasteiger partial charge in [-0.15, -0.1) is 0 Å². The van der Waals surface area contributed by atoms with Crippen molar-refractivity contribution < 1.29 is 4.42 Å². The third-order valence-electron chi connectivity index (χ3n) is 9.83. The van der Waals surface area contributed by atoms with Gasteiger partial charge in [-0.1, -0.05) is 13.8 Å². The van der Waals surface area contributed by atoms with Crippen LogP contribution in [0.5, 0.6) is 0 Å². The van der Waals surface area contributed by atoms with Crippen molar-refractivity contribution >= 4 is 0 Å². The number of rotatable bonds is 1. The quantitative estimate of drug-likeness (QED) is 0.750. The number of nitrogens with two attached hydrogens (primary N) is 1. The van der Waals surface area contributed by atoms with E-state index in [9.17, 15) is 4.79 Å². The standard InChI is InChI=1S/C24H35NO2/c1-23-11-9-17(25)13-16(23)4-5-18-20-7-6-19(15-3-8-22(26)27-14-15)24(20,2)12-10-21(18)23/h3,8,14,16-21H,4-7,9-13,25H2,1-2H3/t16?,17?,18-,19+,20+,21-,23-,24+/m0/s1. The summed E-state index contributed by atoms with van der Waals surface area (Å²) in [6.45, 7) is 5.16. The summed E-state index contributed by atoms with van der Waals surface area (Å²) in [5.41, 5.74) is 8.25. The lowest BCUT2D eigenvalue weighted by atomic mass is 9.44. The number of hydrogen-bond donors (Lipinski definition) is 1. The van der Waals surface area contributed by atoms with Gasteiger partial charge in [-0.05, 0) is 110 Å². The summed E-state index contributed by atoms with van der Waals surface area (Å²) >= 11 is 0. The lowest BCUT2D eigenvalue weighted by Gasteiger charge is -2.61. The Kier molecular flexibility index (Phi) is 4.13. The van der Waals surface area contributed by atoms with Crippen LogP contribution in [0.2, 0.25) is 0 Å². The lowest BCUT2D eigenvalue weighted by Crippen LogP contribution is -2.54. The van der Waals surface area contributed by atoms with Gasteiger partial charge in [0.05, 0.1) is 6.26 Å². The minimum absolute atomic E-state index is 0.232. The first kappa shape index (κ1) is 18.0. The van der Waals surface area contributed by atoms with Gasteiger partial charge in [-0.3, -0.25) is 0 Å². The third kappa shape index (κ3) is 2.60. The fourth-order valence-corrected chi connectivity index (χ4v) is 8.41. The van der Waals surface area contributed by atoms with E-state index in [0.29, 0.717) is 22.8 Å². The topological polar surface area (TPSA) is 56.2 Å². The Hall–Kier alpha value is -1.09. The summed E-state index contributed by atoms with van der Waals surface area (Å²) in [5, 5.41) is 0. The molecule has 0 aromatic carbocycles. The second-order valence-corrected chi connectivity index (χ2v) is 10.8. The van der Waals surface area contributed by atoms with Crippen molar-refractivity contribution in [2.75, 3.05) is 0 Å². The number of fused-ring (bicyclic) bond motifs is 5. The molecule has 8 atom stereocenters. The van der Waals surface area contributed by atoms with Gasteiger partial charge in [-0.25, -0.2) is 4.79 Å². The second-order valence-electron chi connectivity index (χ2n) is 10.8. The van der Waals surface area contributed by atoms with Gasteiger partial charge in [0.25, 0.3) is 0 Å². The van der Waals surface area contributed by atoms with Crippen molar-refractivity contribution in [2.45, 2.75) is 83.6 Å². The van der Waals surface area contributed by atoms with Crippen LogP contribution in [0.25, 0.3) is 0 Å². The lowest BCUT2D eigenvalue weighted by molar-refractivity contribution is -0.108. The van der Waals surface area contributed by atoms with Crippen LogP contribution in [-0.2, 0) is 0 Å². The molecule has 3 heteroatoms. The van der Waals surface area contributed by atoms with Crippen LogP contribution in [0, 0.1) is 34.5 Å². The third-order valence-corrected chi connectivity index (χ3v) is 9.83. The Morgan fingerprint density at radius 3 is 2.52 bits per heavy atom. The molecule has 4 aliphatic carbocycles. The molecule has 3 nitrogen and oxygen atoms in total. The monoisotopic (exact) mass is 369 g/mol. The number of hydrogen-bond acceptors (Lipinski definition) is 3. The van der Waals surface area contributed by atoms with E-state index >= 15 is 0 Å². The summed E-state index contributed by atoms with van der Waals surface area (Å²) in [5.74, 6) is 4.03. The highest BCUT2D eigenvalue weighted by Crippen LogP contribution is 2.68. The highest BCUT2D eigenvalue weighted by Gasteiger charge is 2.60. The molecule has 1 aromatic rings. The molecule has 1 heterocycles. The Morgan fingerprint density at radius 2 is 1.74 bits per heavy atom. The Morgan fingerprint density at radius 1 is 0.963 bits per heavy atom. The first-order valence-corrected chi connectivity index (χ1v) is 11.3. The van der Waals surface area contributed by atoms with E-state index in [-0.39, 0.29) is 5.63 Å². The van der Waals surface area contributed by atoms with E-state index in [1.165, 1.54) is 63.4 Å². The Balaban J connectivity index is 1.43. The van der Waals surface area contributed by atoms with Crippen LogP contribution < -0.4 is 11.4 Å². The van der Waals surface area contributed by atoms with E-state index in [1.54, 1.807) is 12.3 Å². The zero-order valence-corrected chi connectivity index (χ0v) is 17.0. The molecular weight excluding hydrogens is 334 g/mol. The van der Waals surface area contributed by atoms with Crippen molar-refractivity contribution in [3.8, 4) is 0 Å². The van der Waals surface area contributed by atoms with Crippen molar-refractivity contribution in [1.29, 1.82) is 0 Å². The van der Waals surface area contributed by atoms with Crippen molar-refractivity contribution in [3.05, 3.63) is 34.4 Å². The minimum Gasteiger partial charge on any atom is -0.431 e. The van der Waals surface area contributed by atoms with E-state index in [4.69, 9.17) is 10.2 Å². The van der Waals surface area contributed by atoms with Crippen LogP contribution in [0.1, 0.15) is 83.1 Å². The molecular formula is C24H35NO2. The average molecular weight is 370 g/mol. The maximum absolute atomic E-state index is 11.4. The predicted molar refractivity (Wildman–Crippen MR) is 107 cm³/mol. The maximum atomic E-state index is 11.4. The molecule has 5 rings (SSSR count). The van der Waals surface area contributed by atoms with Crippen LogP contribution in [-0.4, -0.2) is 6.04 Å². The Bertz CT molecular complexity index is 751. The highest BCUT2D eigenvalue weighted by atomic mass is 16.4. The molecule has 0 saturated heterocycles. The van der Waals surface area contributed by atoms with Gasteiger partial charge in [0.2, 0.25) is 0 Å². The average Bonchev–Trinajstić information content (AvgIpc) is 3.00. The normalized spacial score (nSPS) is 49.1. The predicted octanol–water partition coefficient (Wildman–Crippen LogP) is 5.09. The van der Waals surface area contributed by atoms with Crippen LogP contribution in [0.4, 0.5) is 0 Å². The smallest absolute Gasteiger partial charge is 0.335 e. The summed E-state index contributed by atoms with van der Waals surface area (Å²) in [6, 6.07) is 4.07. The van der Waals surface area contributed by atoms with Crippen molar-refractivity contribution in [2.24, 2.45) is 40.2 Å². The molecule has 0 bridgehead atoms. The summed E-state index contributed by atoms with van der Waals surface area (Å²) in [6.07, 6.45) is 13.7. The minimum atomic E-state index is -0.232. The molecule has 2 N–H and O–H groups in total. The van der Waals surface area contributed by atoms with E-state index in [0.717, 1.165) is 23.7 Å². The molecule has 0 radical (unpaired) electrons. The molecule has 0 aliphatic heterocycles. The Labute approximate surface area is 163 Å². The fraction of sp³-hybridized carbons (Fsp3) is 0.792. The van der Waals surface area contributed by atoms with Gasteiger partial charge in [-0.2, -0.15) is 0 Å². The van der Waals surface area contributed by atoms with Crippen molar-refractivity contribution in [3.63, 3.8) is 0 Å². The molecule has 1 aromatic heterocycles.